The lowest BCUT2D eigenvalue weighted by Gasteiger charge is -2.13. The number of aromatic nitrogens is 5. The van der Waals surface area contributed by atoms with Crippen LogP contribution in [0.3, 0.4) is 0 Å². The maximum Gasteiger partial charge on any atom is 0.346 e. The van der Waals surface area contributed by atoms with Gasteiger partial charge in [0.1, 0.15) is 11.3 Å². The minimum Gasteiger partial charge on any atom is -0.479 e. The van der Waals surface area contributed by atoms with Crippen molar-refractivity contribution in [2.24, 2.45) is 0 Å². The van der Waals surface area contributed by atoms with Gasteiger partial charge in [0.05, 0.1) is 18.8 Å². The smallest absolute Gasteiger partial charge is 0.346 e. The number of methoxy groups -OCH3 is 1. The van der Waals surface area contributed by atoms with E-state index in [-0.39, 0.29) is 5.82 Å². The van der Waals surface area contributed by atoms with E-state index in [1.54, 1.807) is 31.5 Å². The normalized spacial score (nSPS) is 12.1. The zero-order valence-electron chi connectivity index (χ0n) is 15.1. The van der Waals surface area contributed by atoms with Crippen LogP contribution in [0.1, 0.15) is 6.92 Å². The molecule has 0 spiro atoms. The summed E-state index contributed by atoms with van der Waals surface area (Å²) in [5.74, 6) is 0.681. The van der Waals surface area contributed by atoms with Crippen LogP contribution in [0.5, 0.6) is 5.75 Å². The topological polar surface area (TPSA) is 131 Å². The number of esters is 1. The van der Waals surface area contributed by atoms with Crippen molar-refractivity contribution in [1.82, 2.24) is 24.8 Å². The number of pyridine rings is 1. The lowest BCUT2D eigenvalue weighted by atomic mass is 10.2. The van der Waals surface area contributed by atoms with Crippen LogP contribution in [-0.4, -0.2) is 44.0 Å². The number of nitrogen functional groups attached to an aromatic ring is 1. The molecule has 1 unspecified atom stereocenters. The van der Waals surface area contributed by atoms with Crippen LogP contribution in [0.4, 0.5) is 5.82 Å². The van der Waals surface area contributed by atoms with Gasteiger partial charge in [-0.3, -0.25) is 9.55 Å². The second-order valence-electron chi connectivity index (χ2n) is 5.91. The molecule has 0 aliphatic carbocycles. The second-order valence-corrected chi connectivity index (χ2v) is 5.91. The van der Waals surface area contributed by atoms with Gasteiger partial charge >= 0.3 is 5.97 Å². The minimum absolute atomic E-state index is 0.136. The number of anilines is 1. The Kier molecular flexibility index (Phi) is 4.36. The van der Waals surface area contributed by atoms with Crippen molar-refractivity contribution in [3.8, 4) is 23.0 Å². The summed E-state index contributed by atoms with van der Waals surface area (Å²) in [6.07, 6.45) is 2.60. The van der Waals surface area contributed by atoms with Gasteiger partial charge in [-0.2, -0.15) is 0 Å². The van der Waals surface area contributed by atoms with E-state index in [0.717, 1.165) is 11.2 Å². The first-order valence-corrected chi connectivity index (χ1v) is 8.34. The number of ether oxygens (including phenoxy) is 2. The summed E-state index contributed by atoms with van der Waals surface area (Å²) >= 11 is 0. The molecule has 3 heterocycles. The van der Waals surface area contributed by atoms with Crippen molar-refractivity contribution in [1.29, 1.82) is 0 Å². The molecule has 142 valence electrons. The predicted octanol–water partition coefficient (Wildman–Crippen LogP) is 1.99. The molecule has 10 heteroatoms. The second kappa shape index (κ2) is 6.99. The molecule has 0 saturated carbocycles. The Labute approximate surface area is 158 Å². The lowest BCUT2D eigenvalue weighted by Crippen LogP contribution is -2.24. The zero-order valence-corrected chi connectivity index (χ0v) is 15.1. The molecule has 0 fully saturated rings. The van der Waals surface area contributed by atoms with E-state index >= 15 is 0 Å². The first kappa shape index (κ1) is 17.5. The molecular weight excluding hydrogens is 364 g/mol. The van der Waals surface area contributed by atoms with Crippen molar-refractivity contribution in [2.45, 2.75) is 13.0 Å². The average Bonchev–Trinajstić information content (AvgIpc) is 3.31. The number of hydrogen-bond acceptors (Lipinski definition) is 9. The molecule has 28 heavy (non-hydrogen) atoms. The zero-order chi connectivity index (χ0) is 19.7. The van der Waals surface area contributed by atoms with Crippen molar-refractivity contribution in [3.63, 3.8) is 0 Å². The highest BCUT2D eigenvalue weighted by Gasteiger charge is 2.20. The number of carbonyl (C=O) groups excluding carboxylic acids is 1. The number of nitrogens with zero attached hydrogens (tertiary/aromatic N) is 5. The number of benzene rings is 1. The molecule has 4 aromatic rings. The number of carbonyl (C=O) groups is 1. The molecule has 0 saturated heterocycles. The highest BCUT2D eigenvalue weighted by molar-refractivity contribution is 5.83. The SMILES string of the molecule is COC(=O)C(C)Oc1ccc(-n2c(-c3nonc3N)nc3cnccc32)cc1. The summed E-state index contributed by atoms with van der Waals surface area (Å²) in [4.78, 5) is 20.2. The summed E-state index contributed by atoms with van der Waals surface area (Å²) in [5, 5.41) is 7.49. The van der Waals surface area contributed by atoms with E-state index in [9.17, 15) is 4.79 Å². The molecule has 3 aromatic heterocycles. The van der Waals surface area contributed by atoms with Crippen molar-refractivity contribution in [3.05, 3.63) is 42.7 Å². The van der Waals surface area contributed by atoms with Gasteiger partial charge in [-0.1, -0.05) is 0 Å². The van der Waals surface area contributed by atoms with E-state index in [4.69, 9.17) is 15.1 Å². The number of hydrogen-bond donors (Lipinski definition) is 1. The van der Waals surface area contributed by atoms with Crippen molar-refractivity contribution in [2.75, 3.05) is 12.8 Å². The number of imidazole rings is 1. The molecule has 0 amide bonds. The van der Waals surface area contributed by atoms with Crippen LogP contribution >= 0.6 is 0 Å². The molecule has 0 radical (unpaired) electrons. The van der Waals surface area contributed by atoms with Crippen LogP contribution in [0, 0.1) is 0 Å². The Bertz CT molecular complexity index is 1130. The highest BCUT2D eigenvalue weighted by atomic mass is 16.6. The number of rotatable bonds is 5. The van der Waals surface area contributed by atoms with E-state index in [1.165, 1.54) is 7.11 Å². The molecule has 0 aliphatic rings. The molecule has 1 atom stereocenters. The fourth-order valence-electron chi connectivity index (χ4n) is 2.79. The molecule has 0 bridgehead atoms. The summed E-state index contributed by atoms with van der Waals surface area (Å²) in [6.45, 7) is 1.62. The van der Waals surface area contributed by atoms with Gasteiger partial charge in [-0.05, 0) is 47.6 Å². The monoisotopic (exact) mass is 380 g/mol. The fourth-order valence-corrected chi connectivity index (χ4v) is 2.79. The Morgan fingerprint density at radius 2 is 2.00 bits per heavy atom. The lowest BCUT2D eigenvalue weighted by molar-refractivity contribution is -0.147. The first-order chi connectivity index (χ1) is 13.6. The predicted molar refractivity (Wildman–Crippen MR) is 98.7 cm³/mol. The van der Waals surface area contributed by atoms with E-state index < -0.39 is 12.1 Å². The molecule has 2 N–H and O–H groups in total. The van der Waals surface area contributed by atoms with Gasteiger partial charge in [0, 0.05) is 11.9 Å². The molecule has 0 aliphatic heterocycles. The third-order valence-electron chi connectivity index (χ3n) is 4.12. The average molecular weight is 380 g/mol. The maximum atomic E-state index is 11.5. The van der Waals surface area contributed by atoms with Crippen LogP contribution in [-0.2, 0) is 9.53 Å². The molecule has 10 nitrogen and oxygen atoms in total. The van der Waals surface area contributed by atoms with Gasteiger partial charge in [0.25, 0.3) is 0 Å². The van der Waals surface area contributed by atoms with Crippen molar-refractivity contribution >= 4 is 22.8 Å². The molecule has 4 rings (SSSR count). The van der Waals surface area contributed by atoms with Crippen LogP contribution < -0.4 is 10.5 Å². The Hall–Kier alpha value is -3.95. The standard InChI is InChI=1S/C18H16N6O4/c1-10(18(25)26-2)27-12-5-3-11(4-6-12)24-14-7-8-20-9-13(14)21-17(24)15-16(19)23-28-22-15/h3-10H,1-2H3,(H2,19,23). The fraction of sp³-hybridized carbons (Fsp3) is 0.167. The maximum absolute atomic E-state index is 11.5. The minimum atomic E-state index is -0.715. The van der Waals surface area contributed by atoms with Gasteiger partial charge < -0.3 is 15.2 Å². The highest BCUT2D eigenvalue weighted by Crippen LogP contribution is 2.30. The molecular formula is C18H16N6O4. The van der Waals surface area contributed by atoms with Crippen LogP contribution in [0.15, 0.2) is 47.4 Å². The van der Waals surface area contributed by atoms with Gasteiger partial charge in [-0.15, -0.1) is 0 Å². The quantitative estimate of drug-likeness (QED) is 0.516. The van der Waals surface area contributed by atoms with Crippen LogP contribution in [0.2, 0.25) is 0 Å². The summed E-state index contributed by atoms with van der Waals surface area (Å²) in [7, 11) is 1.32. The largest absolute Gasteiger partial charge is 0.479 e. The molecule has 1 aromatic carbocycles. The van der Waals surface area contributed by atoms with Crippen molar-refractivity contribution < 1.29 is 18.9 Å². The Morgan fingerprint density at radius 3 is 2.68 bits per heavy atom. The third-order valence-corrected chi connectivity index (χ3v) is 4.12. The summed E-state index contributed by atoms with van der Waals surface area (Å²) < 4.78 is 16.8. The number of fused-ring (bicyclic) bond motifs is 1. The Balaban J connectivity index is 1.77. The van der Waals surface area contributed by atoms with Gasteiger partial charge in [0.2, 0.25) is 0 Å². The Morgan fingerprint density at radius 1 is 1.21 bits per heavy atom. The first-order valence-electron chi connectivity index (χ1n) is 8.34. The van der Waals surface area contributed by atoms with Crippen LogP contribution in [0.25, 0.3) is 28.2 Å². The number of nitrogens with two attached hydrogens (primary N) is 1. The van der Waals surface area contributed by atoms with E-state index in [1.807, 2.05) is 22.8 Å². The summed E-state index contributed by atoms with van der Waals surface area (Å²) in [6, 6.07) is 8.98. The van der Waals surface area contributed by atoms with Gasteiger partial charge in [-0.25, -0.2) is 14.4 Å². The third kappa shape index (κ3) is 3.00. The van der Waals surface area contributed by atoms with Gasteiger partial charge in [0.15, 0.2) is 23.4 Å². The van der Waals surface area contributed by atoms with E-state index in [2.05, 4.69) is 25.0 Å². The summed E-state index contributed by atoms with van der Waals surface area (Å²) in [5.41, 5.74) is 8.45. The van der Waals surface area contributed by atoms with E-state index in [0.29, 0.717) is 22.8 Å².